The molecule has 0 spiro atoms. The average Bonchev–Trinajstić information content (AvgIpc) is 2.99. The molecular weight excluding hydrogens is 244 g/mol. The first kappa shape index (κ1) is 12.1. The molecule has 2 aromatic rings. The van der Waals surface area contributed by atoms with Gasteiger partial charge in [-0.3, -0.25) is 11.3 Å². The molecule has 2 heterocycles. The molecule has 96 valence electrons. The van der Waals surface area contributed by atoms with Gasteiger partial charge in [-0.2, -0.15) is 0 Å². The predicted octanol–water partition coefficient (Wildman–Crippen LogP) is 2.83. The topological polar surface area (TPSA) is 47.3 Å². The fourth-order valence-corrected chi connectivity index (χ4v) is 3.78. The first-order chi connectivity index (χ1) is 8.79. The summed E-state index contributed by atoms with van der Waals surface area (Å²) in [4.78, 5) is 0. The largest absolute Gasteiger partial charge is 0.378 e. The van der Waals surface area contributed by atoms with E-state index in [9.17, 15) is 0 Å². The van der Waals surface area contributed by atoms with E-state index in [1.165, 1.54) is 15.6 Å². The monoisotopic (exact) mass is 262 g/mol. The van der Waals surface area contributed by atoms with E-state index in [0.29, 0.717) is 12.0 Å². The highest BCUT2D eigenvalue weighted by Crippen LogP contribution is 2.36. The molecule has 0 saturated carbocycles. The molecule has 3 nitrogen and oxygen atoms in total. The third kappa shape index (κ3) is 2.06. The Morgan fingerprint density at radius 3 is 3.06 bits per heavy atom. The highest BCUT2D eigenvalue weighted by molar-refractivity contribution is 7.17. The molecule has 1 fully saturated rings. The number of fused-ring (bicyclic) bond motifs is 1. The summed E-state index contributed by atoms with van der Waals surface area (Å²) >= 11 is 1.78. The lowest BCUT2D eigenvalue weighted by molar-refractivity contribution is 0.117. The van der Waals surface area contributed by atoms with Gasteiger partial charge in [0.15, 0.2) is 0 Å². The molecule has 3 N–H and O–H groups in total. The minimum atomic E-state index is 0.178. The zero-order chi connectivity index (χ0) is 12.5. The van der Waals surface area contributed by atoms with Crippen molar-refractivity contribution in [3.63, 3.8) is 0 Å². The molecule has 1 aromatic carbocycles. The van der Waals surface area contributed by atoms with Gasteiger partial charge >= 0.3 is 0 Å². The highest BCUT2D eigenvalue weighted by Gasteiger charge is 2.30. The summed E-state index contributed by atoms with van der Waals surface area (Å²) in [5, 5.41) is 3.43. The van der Waals surface area contributed by atoms with E-state index in [0.717, 1.165) is 13.0 Å². The molecule has 4 heteroatoms. The summed E-state index contributed by atoms with van der Waals surface area (Å²) in [6, 6.07) is 8.76. The molecule has 3 rings (SSSR count). The van der Waals surface area contributed by atoms with Crippen LogP contribution in [-0.4, -0.2) is 12.7 Å². The van der Waals surface area contributed by atoms with E-state index in [1.807, 2.05) is 0 Å². The molecule has 0 aliphatic carbocycles. The van der Waals surface area contributed by atoms with Crippen molar-refractivity contribution in [1.82, 2.24) is 5.43 Å². The van der Waals surface area contributed by atoms with E-state index >= 15 is 0 Å². The van der Waals surface area contributed by atoms with Crippen molar-refractivity contribution >= 4 is 21.4 Å². The number of hydrogen-bond donors (Lipinski definition) is 2. The lowest BCUT2D eigenvalue weighted by Gasteiger charge is -2.22. The summed E-state index contributed by atoms with van der Waals surface area (Å²) < 4.78 is 7.00. The van der Waals surface area contributed by atoms with Crippen molar-refractivity contribution in [3.05, 3.63) is 35.2 Å². The van der Waals surface area contributed by atoms with Crippen LogP contribution in [-0.2, 0) is 4.74 Å². The fraction of sp³-hybridized carbons (Fsp3) is 0.429. The van der Waals surface area contributed by atoms with Crippen LogP contribution in [0.15, 0.2) is 29.6 Å². The Kier molecular flexibility index (Phi) is 3.35. The van der Waals surface area contributed by atoms with Crippen LogP contribution in [0.25, 0.3) is 10.1 Å². The van der Waals surface area contributed by atoms with Gasteiger partial charge in [-0.25, -0.2) is 0 Å². The van der Waals surface area contributed by atoms with Crippen molar-refractivity contribution < 1.29 is 4.74 Å². The van der Waals surface area contributed by atoms with E-state index in [1.54, 1.807) is 11.3 Å². The number of benzene rings is 1. The van der Waals surface area contributed by atoms with Crippen molar-refractivity contribution in [2.75, 3.05) is 6.61 Å². The smallest absolute Gasteiger partial charge is 0.0551 e. The first-order valence-corrected chi connectivity index (χ1v) is 7.21. The molecule has 0 bridgehead atoms. The Morgan fingerprint density at radius 2 is 2.33 bits per heavy atom. The predicted molar refractivity (Wildman–Crippen MR) is 75.4 cm³/mol. The lowest BCUT2D eigenvalue weighted by atomic mass is 9.91. The molecule has 18 heavy (non-hydrogen) atoms. The Labute approximate surface area is 111 Å². The quantitative estimate of drug-likeness (QED) is 0.660. The Hall–Kier alpha value is -0.940. The van der Waals surface area contributed by atoms with Crippen molar-refractivity contribution in [2.45, 2.75) is 25.5 Å². The molecule has 1 aliphatic rings. The minimum absolute atomic E-state index is 0.178. The molecule has 1 aromatic heterocycles. The Morgan fingerprint density at radius 1 is 1.44 bits per heavy atom. The second-order valence-corrected chi connectivity index (χ2v) is 5.89. The van der Waals surface area contributed by atoms with Crippen LogP contribution < -0.4 is 11.3 Å². The number of thiophene rings is 1. The van der Waals surface area contributed by atoms with E-state index in [4.69, 9.17) is 10.6 Å². The molecule has 0 radical (unpaired) electrons. The number of hydrazine groups is 1. The number of nitrogens with one attached hydrogen (secondary N) is 1. The van der Waals surface area contributed by atoms with Crippen LogP contribution in [0.1, 0.15) is 24.9 Å². The second-order valence-electron chi connectivity index (χ2n) is 4.97. The van der Waals surface area contributed by atoms with Crippen LogP contribution in [0.4, 0.5) is 0 Å². The SMILES string of the molecule is CC1CC(C(NN)c2cccc3ccsc23)CO1. The van der Waals surface area contributed by atoms with Crippen LogP contribution in [0.2, 0.25) is 0 Å². The van der Waals surface area contributed by atoms with Gasteiger partial charge < -0.3 is 4.74 Å². The number of ether oxygens (including phenoxy) is 1. The van der Waals surface area contributed by atoms with Crippen molar-refractivity contribution in [1.29, 1.82) is 0 Å². The summed E-state index contributed by atoms with van der Waals surface area (Å²) in [5.74, 6) is 6.25. The van der Waals surface area contributed by atoms with Crippen LogP contribution in [0, 0.1) is 5.92 Å². The molecule has 3 atom stereocenters. The normalized spacial score (nSPS) is 25.7. The van der Waals surface area contributed by atoms with Crippen molar-refractivity contribution in [2.24, 2.45) is 11.8 Å². The number of rotatable bonds is 3. The van der Waals surface area contributed by atoms with Gasteiger partial charge in [0, 0.05) is 10.6 Å². The molecular formula is C14H18N2OS. The van der Waals surface area contributed by atoms with Gasteiger partial charge in [-0.1, -0.05) is 18.2 Å². The van der Waals surface area contributed by atoms with Gasteiger partial charge in [-0.05, 0) is 35.7 Å². The average molecular weight is 262 g/mol. The van der Waals surface area contributed by atoms with E-state index in [2.05, 4.69) is 42.0 Å². The standard InChI is InChI=1S/C14H18N2OS/c1-9-7-11(8-17-9)13(16-15)12-4-2-3-10-5-6-18-14(10)12/h2-6,9,11,13,16H,7-8,15H2,1H3. The maximum Gasteiger partial charge on any atom is 0.0551 e. The van der Waals surface area contributed by atoms with Crippen LogP contribution >= 0.6 is 11.3 Å². The van der Waals surface area contributed by atoms with E-state index < -0.39 is 0 Å². The second kappa shape index (κ2) is 4.97. The minimum Gasteiger partial charge on any atom is -0.378 e. The Bertz CT molecular complexity index is 539. The first-order valence-electron chi connectivity index (χ1n) is 6.33. The Balaban J connectivity index is 1.98. The molecule has 1 saturated heterocycles. The van der Waals surface area contributed by atoms with Crippen LogP contribution in [0.3, 0.4) is 0 Å². The summed E-state index contributed by atoms with van der Waals surface area (Å²) in [6.07, 6.45) is 1.41. The summed E-state index contributed by atoms with van der Waals surface area (Å²) in [6.45, 7) is 2.91. The zero-order valence-corrected chi connectivity index (χ0v) is 11.2. The van der Waals surface area contributed by atoms with Crippen LogP contribution in [0.5, 0.6) is 0 Å². The van der Waals surface area contributed by atoms with Gasteiger partial charge in [-0.15, -0.1) is 11.3 Å². The van der Waals surface area contributed by atoms with Gasteiger partial charge in [0.25, 0.3) is 0 Å². The summed E-state index contributed by atoms with van der Waals surface area (Å²) in [7, 11) is 0. The number of nitrogens with two attached hydrogens (primary N) is 1. The third-order valence-corrected chi connectivity index (χ3v) is 4.70. The van der Waals surface area contributed by atoms with Gasteiger partial charge in [0.1, 0.15) is 0 Å². The zero-order valence-electron chi connectivity index (χ0n) is 10.4. The van der Waals surface area contributed by atoms with Crippen molar-refractivity contribution in [3.8, 4) is 0 Å². The molecule has 3 unspecified atom stereocenters. The lowest BCUT2D eigenvalue weighted by Crippen LogP contribution is -2.34. The highest BCUT2D eigenvalue weighted by atomic mass is 32.1. The molecule has 0 amide bonds. The number of hydrogen-bond acceptors (Lipinski definition) is 4. The maximum absolute atomic E-state index is 5.79. The van der Waals surface area contributed by atoms with Gasteiger partial charge in [0.05, 0.1) is 18.8 Å². The van der Waals surface area contributed by atoms with Gasteiger partial charge in [0.2, 0.25) is 0 Å². The third-order valence-electron chi connectivity index (χ3n) is 3.72. The summed E-state index contributed by atoms with van der Waals surface area (Å²) in [5.41, 5.74) is 4.29. The maximum atomic E-state index is 5.79. The fourth-order valence-electron chi connectivity index (χ4n) is 2.82. The van der Waals surface area contributed by atoms with E-state index in [-0.39, 0.29) is 6.04 Å². The molecule has 1 aliphatic heterocycles.